The van der Waals surface area contributed by atoms with Gasteiger partial charge in [-0.25, -0.2) is 23.9 Å². The van der Waals surface area contributed by atoms with Gasteiger partial charge in [0.05, 0.1) is 17.6 Å². The third-order valence-corrected chi connectivity index (χ3v) is 5.46. The number of hydrogen-bond acceptors (Lipinski definition) is 8. The zero-order chi connectivity index (χ0) is 20.4. The van der Waals surface area contributed by atoms with E-state index in [0.29, 0.717) is 25.1 Å². The molecule has 7 nitrogen and oxygen atoms in total. The highest BCUT2D eigenvalue weighted by Crippen LogP contribution is 2.33. The van der Waals surface area contributed by atoms with Crippen molar-refractivity contribution in [2.45, 2.75) is 20.5 Å². The summed E-state index contributed by atoms with van der Waals surface area (Å²) in [4.78, 5) is 33.5. The predicted octanol–water partition coefficient (Wildman–Crippen LogP) is 4.02. The molecule has 0 aliphatic carbocycles. The maximum Gasteiger partial charge on any atom is 0.348 e. The molecule has 10 heteroatoms. The van der Waals surface area contributed by atoms with Crippen LogP contribution in [0, 0.1) is 12.7 Å². The zero-order valence-electron chi connectivity index (χ0n) is 14.9. The van der Waals surface area contributed by atoms with Crippen molar-refractivity contribution in [3.8, 4) is 0 Å². The molecule has 2 N–H and O–H groups in total. The average molecular weight is 468 g/mol. The number of carbonyl (C=O) groups is 2. The first kappa shape index (κ1) is 20.2. The summed E-state index contributed by atoms with van der Waals surface area (Å²) in [5.41, 5.74) is 6.43. The standard InChI is InChI=1S/C18H15BrFN3O4S/c1-3-26-18(25)14-8(2)13-15(21)22-12(23-16(13)28-14)7-27-17(24)10-6-9(19)4-5-11(10)20/h4-6H,3,7H2,1-2H3,(H2,21,22,23). The summed E-state index contributed by atoms with van der Waals surface area (Å²) in [6.07, 6.45) is 0. The molecule has 0 radical (unpaired) electrons. The number of nitrogens with two attached hydrogens (primary N) is 1. The van der Waals surface area contributed by atoms with Crippen molar-refractivity contribution in [2.75, 3.05) is 12.3 Å². The van der Waals surface area contributed by atoms with Gasteiger partial charge in [0.25, 0.3) is 0 Å². The number of aryl methyl sites for hydroxylation is 1. The second-order valence-corrected chi connectivity index (χ2v) is 7.60. The average Bonchev–Trinajstić information content (AvgIpc) is 2.99. The highest BCUT2D eigenvalue weighted by Gasteiger charge is 2.21. The number of thiophene rings is 1. The van der Waals surface area contributed by atoms with Crippen LogP contribution in [0.25, 0.3) is 10.2 Å². The monoisotopic (exact) mass is 467 g/mol. The smallest absolute Gasteiger partial charge is 0.348 e. The van der Waals surface area contributed by atoms with Crippen molar-refractivity contribution in [1.82, 2.24) is 9.97 Å². The van der Waals surface area contributed by atoms with Crippen LogP contribution in [0.15, 0.2) is 22.7 Å². The highest BCUT2D eigenvalue weighted by atomic mass is 79.9. The first-order valence-corrected chi connectivity index (χ1v) is 9.77. The Kier molecular flexibility index (Phi) is 5.90. The number of hydrogen-bond donors (Lipinski definition) is 1. The van der Waals surface area contributed by atoms with Gasteiger partial charge in [0.2, 0.25) is 0 Å². The lowest BCUT2D eigenvalue weighted by Crippen LogP contribution is -2.10. The minimum absolute atomic E-state index is 0.144. The number of anilines is 1. The lowest BCUT2D eigenvalue weighted by molar-refractivity contribution is 0.0456. The van der Waals surface area contributed by atoms with Gasteiger partial charge in [0, 0.05) is 4.47 Å². The highest BCUT2D eigenvalue weighted by molar-refractivity contribution is 9.10. The summed E-state index contributed by atoms with van der Waals surface area (Å²) >= 11 is 4.30. The Labute approximate surface area is 171 Å². The molecule has 3 rings (SSSR count). The molecule has 28 heavy (non-hydrogen) atoms. The lowest BCUT2D eigenvalue weighted by atomic mass is 10.2. The fraction of sp³-hybridized carbons (Fsp3) is 0.222. The van der Waals surface area contributed by atoms with Crippen LogP contribution in [0.3, 0.4) is 0 Å². The summed E-state index contributed by atoms with van der Waals surface area (Å²) < 4.78 is 24.5. The number of carbonyl (C=O) groups excluding carboxylic acids is 2. The molecular formula is C18H15BrFN3O4S. The van der Waals surface area contributed by atoms with Gasteiger partial charge in [-0.1, -0.05) is 15.9 Å². The number of halogens is 2. The van der Waals surface area contributed by atoms with Crippen LogP contribution in [0.5, 0.6) is 0 Å². The Hall–Kier alpha value is -2.59. The second-order valence-electron chi connectivity index (χ2n) is 5.68. The Morgan fingerprint density at radius 2 is 2.00 bits per heavy atom. The van der Waals surface area contributed by atoms with E-state index in [9.17, 15) is 14.0 Å². The van der Waals surface area contributed by atoms with E-state index in [1.165, 1.54) is 12.1 Å². The molecular weight excluding hydrogens is 453 g/mol. The van der Waals surface area contributed by atoms with E-state index in [2.05, 4.69) is 25.9 Å². The van der Waals surface area contributed by atoms with Crippen LogP contribution < -0.4 is 5.73 Å². The minimum Gasteiger partial charge on any atom is -0.462 e. The number of rotatable bonds is 5. The van der Waals surface area contributed by atoms with Gasteiger partial charge in [-0.05, 0) is 37.6 Å². The van der Waals surface area contributed by atoms with Crippen LogP contribution >= 0.6 is 27.3 Å². The molecule has 0 unspecified atom stereocenters. The fourth-order valence-corrected chi connectivity index (χ4v) is 4.00. The molecule has 0 atom stereocenters. The van der Waals surface area contributed by atoms with Crippen molar-refractivity contribution in [3.63, 3.8) is 0 Å². The van der Waals surface area contributed by atoms with Crippen LogP contribution in [0.2, 0.25) is 0 Å². The maximum absolute atomic E-state index is 13.8. The number of nitrogen functional groups attached to an aromatic ring is 1. The van der Waals surface area contributed by atoms with E-state index in [0.717, 1.165) is 17.4 Å². The fourth-order valence-electron chi connectivity index (χ4n) is 2.53. The van der Waals surface area contributed by atoms with Gasteiger partial charge in [-0.3, -0.25) is 0 Å². The molecule has 0 fully saturated rings. The van der Waals surface area contributed by atoms with E-state index in [-0.39, 0.29) is 30.4 Å². The number of esters is 2. The topological polar surface area (TPSA) is 104 Å². The van der Waals surface area contributed by atoms with Gasteiger partial charge in [0.15, 0.2) is 12.4 Å². The number of aromatic nitrogens is 2. The van der Waals surface area contributed by atoms with Crippen molar-refractivity contribution < 1.29 is 23.5 Å². The Morgan fingerprint density at radius 1 is 1.25 bits per heavy atom. The molecule has 146 valence electrons. The molecule has 0 spiro atoms. The predicted molar refractivity (Wildman–Crippen MR) is 106 cm³/mol. The first-order chi connectivity index (χ1) is 13.3. The third kappa shape index (κ3) is 3.97. The lowest BCUT2D eigenvalue weighted by Gasteiger charge is -2.06. The number of ether oxygens (including phenoxy) is 2. The zero-order valence-corrected chi connectivity index (χ0v) is 17.3. The molecule has 2 heterocycles. The van der Waals surface area contributed by atoms with Crippen LogP contribution in [-0.4, -0.2) is 28.5 Å². The molecule has 0 amide bonds. The molecule has 3 aromatic rings. The van der Waals surface area contributed by atoms with Gasteiger partial charge in [-0.2, -0.15) is 0 Å². The van der Waals surface area contributed by atoms with E-state index >= 15 is 0 Å². The summed E-state index contributed by atoms with van der Waals surface area (Å²) in [7, 11) is 0. The molecule has 0 aliphatic rings. The summed E-state index contributed by atoms with van der Waals surface area (Å²) in [5, 5.41) is 0.557. The van der Waals surface area contributed by atoms with Gasteiger partial charge < -0.3 is 15.2 Å². The van der Waals surface area contributed by atoms with Gasteiger partial charge in [-0.15, -0.1) is 11.3 Å². The normalized spacial score (nSPS) is 10.9. The van der Waals surface area contributed by atoms with E-state index in [1.807, 2.05) is 0 Å². The molecule has 0 saturated carbocycles. The summed E-state index contributed by atoms with van der Waals surface area (Å²) in [5.74, 6) is -1.70. The Bertz CT molecular complexity index is 1090. The molecule has 1 aromatic carbocycles. The van der Waals surface area contributed by atoms with Crippen LogP contribution in [0.1, 0.15) is 38.3 Å². The molecule has 0 bridgehead atoms. The summed E-state index contributed by atoms with van der Waals surface area (Å²) in [6, 6.07) is 3.96. The van der Waals surface area contributed by atoms with E-state index < -0.39 is 17.8 Å². The van der Waals surface area contributed by atoms with Crippen LogP contribution in [0.4, 0.5) is 10.2 Å². The summed E-state index contributed by atoms with van der Waals surface area (Å²) in [6.45, 7) is 3.41. The second kappa shape index (κ2) is 8.19. The molecule has 2 aromatic heterocycles. The van der Waals surface area contributed by atoms with Crippen molar-refractivity contribution in [2.24, 2.45) is 0 Å². The third-order valence-electron chi connectivity index (χ3n) is 3.81. The molecule has 0 aliphatic heterocycles. The van der Waals surface area contributed by atoms with E-state index in [4.69, 9.17) is 15.2 Å². The van der Waals surface area contributed by atoms with Crippen LogP contribution in [-0.2, 0) is 16.1 Å². The van der Waals surface area contributed by atoms with Crippen molar-refractivity contribution in [1.29, 1.82) is 0 Å². The minimum atomic E-state index is -0.851. The van der Waals surface area contributed by atoms with E-state index in [1.54, 1.807) is 13.8 Å². The number of nitrogens with zero attached hydrogens (tertiary/aromatic N) is 2. The van der Waals surface area contributed by atoms with Gasteiger partial charge in [0.1, 0.15) is 21.3 Å². The van der Waals surface area contributed by atoms with Crippen molar-refractivity contribution in [3.05, 3.63) is 50.3 Å². The SMILES string of the molecule is CCOC(=O)c1sc2nc(COC(=O)c3cc(Br)ccc3F)nc(N)c2c1C. The quantitative estimate of drug-likeness (QED) is 0.564. The Balaban J connectivity index is 1.85. The number of benzene rings is 1. The number of fused-ring (bicyclic) bond motifs is 1. The van der Waals surface area contributed by atoms with Gasteiger partial charge >= 0.3 is 11.9 Å². The first-order valence-electron chi connectivity index (χ1n) is 8.16. The largest absolute Gasteiger partial charge is 0.462 e. The maximum atomic E-state index is 13.8. The van der Waals surface area contributed by atoms with Crippen molar-refractivity contribution >= 4 is 55.2 Å². The Morgan fingerprint density at radius 3 is 2.71 bits per heavy atom. The molecule has 0 saturated heterocycles.